The van der Waals surface area contributed by atoms with Crippen LogP contribution in [0.2, 0.25) is 0 Å². The summed E-state index contributed by atoms with van der Waals surface area (Å²) in [5.74, 6) is 1.93. The van der Waals surface area contributed by atoms with Crippen molar-refractivity contribution in [1.82, 2.24) is 25.0 Å². The zero-order valence-corrected chi connectivity index (χ0v) is 13.9. The summed E-state index contributed by atoms with van der Waals surface area (Å²) in [6.45, 7) is 4.70. The number of carbonyl (C=O) groups excluding carboxylic acids is 2. The van der Waals surface area contributed by atoms with Crippen molar-refractivity contribution in [3.63, 3.8) is 0 Å². The lowest BCUT2D eigenvalue weighted by Crippen LogP contribution is -2.45. The summed E-state index contributed by atoms with van der Waals surface area (Å²) in [6.07, 6.45) is 2.47. The number of nitrogens with one attached hydrogen (secondary N) is 1. The maximum atomic E-state index is 12.8. The lowest BCUT2D eigenvalue weighted by molar-refractivity contribution is -0.143. The summed E-state index contributed by atoms with van der Waals surface area (Å²) in [5, 5.41) is 6.94. The van der Waals surface area contributed by atoms with Crippen LogP contribution in [0.1, 0.15) is 37.0 Å². The Kier molecular flexibility index (Phi) is 3.99. The molecule has 8 heteroatoms. The molecular weight excluding hydrogens is 310 g/mol. The highest BCUT2D eigenvalue weighted by Crippen LogP contribution is 2.32. The van der Waals surface area contributed by atoms with Crippen molar-refractivity contribution in [2.24, 2.45) is 11.8 Å². The maximum Gasteiger partial charge on any atom is 0.228 e. The molecule has 2 atom stereocenters. The van der Waals surface area contributed by atoms with Gasteiger partial charge in [0, 0.05) is 26.1 Å². The first-order valence-corrected chi connectivity index (χ1v) is 8.67. The van der Waals surface area contributed by atoms with E-state index in [2.05, 4.69) is 15.2 Å². The average Bonchev–Trinajstić information content (AvgIpc) is 3.18. The first-order valence-electron chi connectivity index (χ1n) is 8.67. The van der Waals surface area contributed by atoms with Gasteiger partial charge in [0.05, 0.1) is 19.1 Å². The molecule has 1 aromatic heterocycles. The van der Waals surface area contributed by atoms with E-state index in [1.165, 1.54) is 12.8 Å². The fourth-order valence-electron chi connectivity index (χ4n) is 3.49. The van der Waals surface area contributed by atoms with Gasteiger partial charge in [0.1, 0.15) is 11.9 Å². The van der Waals surface area contributed by atoms with Gasteiger partial charge in [-0.1, -0.05) is 0 Å². The number of amides is 2. The highest BCUT2D eigenvalue weighted by Gasteiger charge is 2.40. The van der Waals surface area contributed by atoms with Crippen LogP contribution in [0.25, 0.3) is 0 Å². The Hall–Kier alpha value is -1.96. The third-order valence-corrected chi connectivity index (χ3v) is 5.02. The Morgan fingerprint density at radius 2 is 2.21 bits per heavy atom. The number of carbonyl (C=O) groups is 2. The van der Waals surface area contributed by atoms with Gasteiger partial charge in [-0.3, -0.25) is 14.7 Å². The van der Waals surface area contributed by atoms with Crippen LogP contribution in [-0.2, 0) is 14.3 Å². The molecule has 2 aliphatic heterocycles. The summed E-state index contributed by atoms with van der Waals surface area (Å²) >= 11 is 0. The molecule has 2 saturated heterocycles. The predicted octanol–water partition coefficient (Wildman–Crippen LogP) is 0.272. The molecule has 130 valence electrons. The molecule has 1 saturated carbocycles. The Morgan fingerprint density at radius 3 is 2.92 bits per heavy atom. The molecule has 0 radical (unpaired) electrons. The van der Waals surface area contributed by atoms with E-state index in [1.54, 1.807) is 4.90 Å². The molecule has 24 heavy (non-hydrogen) atoms. The van der Waals surface area contributed by atoms with Crippen LogP contribution < -0.4 is 0 Å². The summed E-state index contributed by atoms with van der Waals surface area (Å²) in [6, 6.07) is 0. The molecule has 1 aromatic rings. The van der Waals surface area contributed by atoms with Gasteiger partial charge in [-0.05, 0) is 25.7 Å². The van der Waals surface area contributed by atoms with E-state index < -0.39 is 0 Å². The highest BCUT2D eigenvalue weighted by molar-refractivity contribution is 5.89. The zero-order chi connectivity index (χ0) is 16.7. The third-order valence-electron chi connectivity index (χ3n) is 5.02. The SMILES string of the molecule is Cc1nc([C@H]2CN(C(=O)[C@@H]3CC(=O)N(CC4CC4)C3)CCO2)n[nH]1. The van der Waals surface area contributed by atoms with Crippen molar-refractivity contribution < 1.29 is 14.3 Å². The van der Waals surface area contributed by atoms with Gasteiger partial charge in [0.2, 0.25) is 11.8 Å². The summed E-state index contributed by atoms with van der Waals surface area (Å²) < 4.78 is 5.71. The predicted molar refractivity (Wildman–Crippen MR) is 83.8 cm³/mol. The van der Waals surface area contributed by atoms with Crippen LogP contribution >= 0.6 is 0 Å². The van der Waals surface area contributed by atoms with E-state index in [1.807, 2.05) is 11.8 Å². The van der Waals surface area contributed by atoms with Crippen molar-refractivity contribution in [2.75, 3.05) is 32.8 Å². The third kappa shape index (κ3) is 3.15. The summed E-state index contributed by atoms with van der Waals surface area (Å²) in [7, 11) is 0. The molecule has 2 amide bonds. The van der Waals surface area contributed by atoms with Crippen LogP contribution in [0.5, 0.6) is 0 Å². The molecule has 1 aliphatic carbocycles. The largest absolute Gasteiger partial charge is 0.366 e. The van der Waals surface area contributed by atoms with E-state index >= 15 is 0 Å². The number of likely N-dealkylation sites (tertiary alicyclic amines) is 1. The molecule has 3 heterocycles. The molecule has 0 unspecified atom stereocenters. The first kappa shape index (κ1) is 15.6. The van der Waals surface area contributed by atoms with Crippen LogP contribution in [0.3, 0.4) is 0 Å². The number of ether oxygens (including phenoxy) is 1. The van der Waals surface area contributed by atoms with Gasteiger partial charge in [-0.2, -0.15) is 5.10 Å². The number of aryl methyl sites for hydroxylation is 1. The molecule has 1 N–H and O–H groups in total. The lowest BCUT2D eigenvalue weighted by atomic mass is 10.1. The van der Waals surface area contributed by atoms with E-state index in [0.717, 1.165) is 12.4 Å². The second-order valence-electron chi connectivity index (χ2n) is 7.07. The van der Waals surface area contributed by atoms with Crippen molar-refractivity contribution in [1.29, 1.82) is 0 Å². The number of nitrogens with zero attached hydrogens (tertiary/aromatic N) is 4. The van der Waals surface area contributed by atoms with E-state index in [0.29, 0.717) is 44.4 Å². The van der Waals surface area contributed by atoms with E-state index in [-0.39, 0.29) is 23.8 Å². The van der Waals surface area contributed by atoms with Crippen LogP contribution in [-0.4, -0.2) is 69.6 Å². The van der Waals surface area contributed by atoms with Crippen LogP contribution in [0, 0.1) is 18.8 Å². The zero-order valence-electron chi connectivity index (χ0n) is 13.9. The molecule has 3 aliphatic rings. The highest BCUT2D eigenvalue weighted by atomic mass is 16.5. The number of morpholine rings is 1. The van der Waals surface area contributed by atoms with E-state index in [4.69, 9.17) is 4.74 Å². The Bertz CT molecular complexity index is 641. The number of H-pyrrole nitrogens is 1. The minimum absolute atomic E-state index is 0.0576. The normalized spacial score (nSPS) is 27.8. The van der Waals surface area contributed by atoms with Crippen LogP contribution in [0.4, 0.5) is 0 Å². The topological polar surface area (TPSA) is 91.4 Å². The molecule has 4 rings (SSSR count). The average molecular weight is 333 g/mol. The van der Waals surface area contributed by atoms with Gasteiger partial charge in [-0.15, -0.1) is 0 Å². The fraction of sp³-hybridized carbons (Fsp3) is 0.750. The van der Waals surface area contributed by atoms with Crippen molar-refractivity contribution >= 4 is 11.8 Å². The Morgan fingerprint density at radius 1 is 1.38 bits per heavy atom. The smallest absolute Gasteiger partial charge is 0.228 e. The number of aromatic nitrogens is 3. The van der Waals surface area contributed by atoms with E-state index in [9.17, 15) is 9.59 Å². The summed E-state index contributed by atoms with van der Waals surface area (Å²) in [4.78, 5) is 32.9. The monoisotopic (exact) mass is 333 g/mol. The molecular formula is C16H23N5O3. The molecule has 0 aromatic carbocycles. The quantitative estimate of drug-likeness (QED) is 0.854. The molecule has 3 fully saturated rings. The van der Waals surface area contributed by atoms with Gasteiger partial charge >= 0.3 is 0 Å². The number of hydrogen-bond acceptors (Lipinski definition) is 5. The molecule has 8 nitrogen and oxygen atoms in total. The van der Waals surface area contributed by atoms with Crippen LogP contribution in [0.15, 0.2) is 0 Å². The minimum Gasteiger partial charge on any atom is -0.366 e. The number of hydrogen-bond donors (Lipinski definition) is 1. The number of aromatic amines is 1. The first-order chi connectivity index (χ1) is 11.6. The van der Waals surface area contributed by atoms with Gasteiger partial charge in [0.15, 0.2) is 5.82 Å². The van der Waals surface area contributed by atoms with Gasteiger partial charge < -0.3 is 14.5 Å². The fourth-order valence-corrected chi connectivity index (χ4v) is 3.49. The second-order valence-corrected chi connectivity index (χ2v) is 7.07. The minimum atomic E-state index is -0.299. The lowest BCUT2D eigenvalue weighted by Gasteiger charge is -2.33. The second kappa shape index (κ2) is 6.16. The maximum absolute atomic E-state index is 12.8. The Balaban J connectivity index is 1.38. The van der Waals surface area contributed by atoms with Crippen molar-refractivity contribution in [2.45, 2.75) is 32.3 Å². The van der Waals surface area contributed by atoms with Crippen molar-refractivity contribution in [3.8, 4) is 0 Å². The van der Waals surface area contributed by atoms with Crippen molar-refractivity contribution in [3.05, 3.63) is 11.6 Å². The Labute approximate surface area is 140 Å². The molecule has 0 spiro atoms. The standard InChI is InChI=1S/C16H23N5O3/c1-10-17-15(19-18-10)13-9-20(4-5-24-13)16(23)12-6-14(22)21(8-12)7-11-2-3-11/h11-13H,2-9H2,1H3,(H,17,18,19)/t12-,13-/m1/s1. The summed E-state index contributed by atoms with van der Waals surface area (Å²) in [5.41, 5.74) is 0. The number of rotatable bonds is 4. The molecule has 0 bridgehead atoms. The van der Waals surface area contributed by atoms with Gasteiger partial charge in [0.25, 0.3) is 0 Å². The van der Waals surface area contributed by atoms with Gasteiger partial charge in [-0.25, -0.2) is 4.98 Å².